The number of pyridine rings is 1. The Bertz CT molecular complexity index is 1140. The van der Waals surface area contributed by atoms with Crippen LogP contribution in [0.15, 0.2) is 43.2 Å². The Hall–Kier alpha value is -3.08. The molecule has 5 heteroatoms. The minimum Gasteiger partial charge on any atom is -0.399 e. The van der Waals surface area contributed by atoms with Gasteiger partial charge in [0.15, 0.2) is 0 Å². The summed E-state index contributed by atoms with van der Waals surface area (Å²) in [6, 6.07) is 8.85. The van der Waals surface area contributed by atoms with Gasteiger partial charge >= 0.3 is 0 Å². The lowest BCUT2D eigenvalue weighted by molar-refractivity contribution is 0.0890. The number of carbonyl (C=O) groups is 1. The first kappa shape index (κ1) is 18.9. The van der Waals surface area contributed by atoms with Crippen LogP contribution in [0.2, 0.25) is 0 Å². The van der Waals surface area contributed by atoms with Crippen LogP contribution in [0.25, 0.3) is 27.7 Å². The first-order valence-corrected chi connectivity index (χ1v) is 11.0. The molecule has 1 saturated carbocycles. The number of nitrogens with two attached hydrogens (primary N) is 1. The van der Waals surface area contributed by atoms with E-state index in [1.54, 1.807) is 6.20 Å². The van der Waals surface area contributed by atoms with Crippen molar-refractivity contribution in [2.24, 2.45) is 5.73 Å². The fourth-order valence-corrected chi connectivity index (χ4v) is 5.12. The van der Waals surface area contributed by atoms with Crippen molar-refractivity contribution in [2.75, 3.05) is 5.32 Å². The predicted molar refractivity (Wildman–Crippen MR) is 122 cm³/mol. The van der Waals surface area contributed by atoms with Crippen LogP contribution in [0, 0.1) is 0 Å². The zero-order chi connectivity index (χ0) is 20.7. The Labute approximate surface area is 177 Å². The quantitative estimate of drug-likeness (QED) is 0.619. The van der Waals surface area contributed by atoms with Crippen molar-refractivity contribution in [1.82, 2.24) is 9.55 Å². The largest absolute Gasteiger partial charge is 0.399 e. The lowest BCUT2D eigenvalue weighted by Crippen LogP contribution is -2.23. The molecule has 0 bridgehead atoms. The molecule has 1 aromatic carbocycles. The number of nitrogens with one attached hydrogen (secondary N) is 1. The van der Waals surface area contributed by atoms with E-state index >= 15 is 0 Å². The molecule has 3 N–H and O–H groups in total. The molecule has 1 fully saturated rings. The van der Waals surface area contributed by atoms with Crippen LogP contribution < -0.4 is 11.1 Å². The first-order valence-electron chi connectivity index (χ1n) is 11.0. The molecule has 154 valence electrons. The van der Waals surface area contributed by atoms with Crippen molar-refractivity contribution in [1.29, 1.82) is 0 Å². The van der Waals surface area contributed by atoms with Crippen LogP contribution in [0.3, 0.4) is 0 Å². The number of hydrogen-bond donors (Lipinski definition) is 2. The van der Waals surface area contributed by atoms with Crippen LogP contribution in [0.1, 0.15) is 61.0 Å². The van der Waals surface area contributed by atoms with Crippen LogP contribution >= 0.6 is 0 Å². The summed E-state index contributed by atoms with van der Waals surface area (Å²) in [5.74, 6) is 0.160. The summed E-state index contributed by atoms with van der Waals surface area (Å²) in [5.41, 5.74) is 12.9. The van der Waals surface area contributed by atoms with Crippen molar-refractivity contribution in [3.63, 3.8) is 0 Å². The molecule has 5 nitrogen and oxygen atoms in total. The molecule has 5 rings (SSSR count). The van der Waals surface area contributed by atoms with Crippen LogP contribution in [0.4, 0.5) is 5.69 Å². The summed E-state index contributed by atoms with van der Waals surface area (Å²) in [5, 5.41) is 4.82. The molecule has 0 atom stereocenters. The number of carbonyl (C=O) groups excluding carboxylic acids is 1. The molecule has 0 radical (unpaired) electrons. The zero-order valence-corrected chi connectivity index (χ0v) is 17.3. The van der Waals surface area contributed by atoms with Crippen molar-refractivity contribution < 1.29 is 4.79 Å². The van der Waals surface area contributed by atoms with E-state index in [4.69, 9.17) is 5.73 Å². The van der Waals surface area contributed by atoms with Gasteiger partial charge in [0.2, 0.25) is 5.91 Å². The van der Waals surface area contributed by atoms with E-state index in [2.05, 4.69) is 35.1 Å². The highest BCUT2D eigenvalue weighted by atomic mass is 16.2. The van der Waals surface area contributed by atoms with Gasteiger partial charge in [0, 0.05) is 52.3 Å². The Morgan fingerprint density at radius 1 is 1.13 bits per heavy atom. The number of fused-ring (bicyclic) bond motifs is 3. The maximum atomic E-state index is 12.7. The van der Waals surface area contributed by atoms with Gasteiger partial charge < -0.3 is 11.1 Å². The van der Waals surface area contributed by atoms with Gasteiger partial charge in [-0.05, 0) is 43.4 Å². The third kappa shape index (κ3) is 3.18. The van der Waals surface area contributed by atoms with Gasteiger partial charge in [-0.25, -0.2) is 0 Å². The average Bonchev–Trinajstić information content (AvgIpc) is 3.10. The van der Waals surface area contributed by atoms with Gasteiger partial charge in [-0.1, -0.05) is 38.0 Å². The Balaban J connectivity index is 1.66. The van der Waals surface area contributed by atoms with Crippen LogP contribution in [0.5, 0.6) is 0 Å². The predicted octanol–water partition coefficient (Wildman–Crippen LogP) is 5.35. The lowest BCUT2D eigenvalue weighted by atomic mass is 9.93. The number of aromatic nitrogens is 2. The van der Waals surface area contributed by atoms with Crippen molar-refractivity contribution in [3.8, 4) is 11.1 Å². The molecule has 0 unspecified atom stereocenters. The van der Waals surface area contributed by atoms with Crippen molar-refractivity contribution >= 4 is 28.2 Å². The standard InChI is InChI=1S/C25H28N4O/c1-16(26)19-11-10-17(14-21(19)28-18-6-3-2-4-7-18)25-20-12-13-27-15-23(20)29-22(25)8-5-9-24(29)30/h10-15,18,28H,1-9,26H2. The highest BCUT2D eigenvalue weighted by molar-refractivity contribution is 6.04. The Morgan fingerprint density at radius 2 is 1.97 bits per heavy atom. The minimum absolute atomic E-state index is 0.160. The third-order valence-electron chi connectivity index (χ3n) is 6.54. The third-order valence-corrected chi connectivity index (χ3v) is 6.54. The molecule has 0 spiro atoms. The van der Waals surface area contributed by atoms with E-state index in [0.717, 1.165) is 51.8 Å². The second-order valence-corrected chi connectivity index (χ2v) is 8.56. The summed E-state index contributed by atoms with van der Waals surface area (Å²) >= 11 is 0. The maximum Gasteiger partial charge on any atom is 0.231 e. The average molecular weight is 401 g/mol. The molecule has 2 aromatic heterocycles. The molecular formula is C25H28N4O. The molecular weight excluding hydrogens is 372 g/mol. The highest BCUT2D eigenvalue weighted by Gasteiger charge is 2.26. The zero-order valence-electron chi connectivity index (χ0n) is 17.3. The van der Waals surface area contributed by atoms with Crippen molar-refractivity contribution in [3.05, 3.63) is 54.5 Å². The molecule has 0 saturated heterocycles. The van der Waals surface area contributed by atoms with Gasteiger partial charge in [-0.2, -0.15) is 0 Å². The lowest BCUT2D eigenvalue weighted by Gasteiger charge is -2.26. The number of benzene rings is 1. The van der Waals surface area contributed by atoms with E-state index < -0.39 is 0 Å². The van der Waals surface area contributed by atoms with Crippen molar-refractivity contribution in [2.45, 2.75) is 57.4 Å². The first-order chi connectivity index (χ1) is 14.6. The van der Waals surface area contributed by atoms with Crippen LogP contribution in [-0.4, -0.2) is 21.5 Å². The van der Waals surface area contributed by atoms with Gasteiger partial charge in [0.05, 0.1) is 11.7 Å². The van der Waals surface area contributed by atoms with Gasteiger partial charge in [-0.15, -0.1) is 0 Å². The Kier molecular flexibility index (Phi) is 4.81. The number of nitrogens with zero attached hydrogens (tertiary/aromatic N) is 2. The molecule has 0 amide bonds. The molecule has 3 heterocycles. The molecule has 1 aliphatic carbocycles. The second kappa shape index (κ2) is 7.63. The molecule has 30 heavy (non-hydrogen) atoms. The summed E-state index contributed by atoms with van der Waals surface area (Å²) in [6.07, 6.45) is 12.2. The van der Waals surface area contributed by atoms with Gasteiger partial charge in [0.1, 0.15) is 0 Å². The topological polar surface area (TPSA) is 72.9 Å². The summed E-state index contributed by atoms with van der Waals surface area (Å²) in [4.78, 5) is 17.0. The summed E-state index contributed by atoms with van der Waals surface area (Å²) in [6.45, 7) is 3.98. The highest BCUT2D eigenvalue weighted by Crippen LogP contribution is 2.39. The number of hydrogen-bond acceptors (Lipinski definition) is 4. The Morgan fingerprint density at radius 3 is 2.77 bits per heavy atom. The molecule has 1 aliphatic heterocycles. The second-order valence-electron chi connectivity index (χ2n) is 8.56. The summed E-state index contributed by atoms with van der Waals surface area (Å²) < 4.78 is 1.88. The number of anilines is 1. The summed E-state index contributed by atoms with van der Waals surface area (Å²) in [7, 11) is 0. The fraction of sp³-hybridized carbons (Fsp3) is 0.360. The SMILES string of the molecule is C=C(N)c1ccc(-c2c3n(c4cnccc24)C(=O)CCC3)cc1NC1CCCCC1. The smallest absolute Gasteiger partial charge is 0.231 e. The maximum absolute atomic E-state index is 12.7. The minimum atomic E-state index is 0.160. The van der Waals surface area contributed by atoms with E-state index in [0.29, 0.717) is 18.2 Å². The van der Waals surface area contributed by atoms with Crippen LogP contribution in [-0.2, 0) is 6.42 Å². The monoisotopic (exact) mass is 400 g/mol. The number of rotatable bonds is 4. The molecule has 2 aliphatic rings. The van der Waals surface area contributed by atoms with E-state index in [1.165, 1.54) is 32.1 Å². The molecule has 3 aromatic rings. The van der Waals surface area contributed by atoms with Gasteiger partial charge in [0.25, 0.3) is 0 Å². The van der Waals surface area contributed by atoms with E-state index in [-0.39, 0.29) is 5.91 Å². The van der Waals surface area contributed by atoms with Gasteiger partial charge in [-0.3, -0.25) is 14.3 Å². The van der Waals surface area contributed by atoms with E-state index in [9.17, 15) is 4.79 Å². The normalized spacial score (nSPS) is 17.1. The fourth-order valence-electron chi connectivity index (χ4n) is 5.12. The van der Waals surface area contributed by atoms with E-state index in [1.807, 2.05) is 16.8 Å².